The zero-order valence-electron chi connectivity index (χ0n) is 11.0. The molecule has 1 heterocycles. The number of rotatable bonds is 2. The molecule has 98 valence electrons. The number of hydrogen-bond acceptors (Lipinski definition) is 3. The van der Waals surface area contributed by atoms with Gasteiger partial charge in [0.25, 0.3) is 5.56 Å². The van der Waals surface area contributed by atoms with Gasteiger partial charge in [0.15, 0.2) is 0 Å². The van der Waals surface area contributed by atoms with E-state index in [1.807, 2.05) is 19.9 Å². The molecule has 0 radical (unpaired) electrons. The third-order valence-corrected chi connectivity index (χ3v) is 2.89. The topological polar surface area (TPSA) is 82.8 Å². The van der Waals surface area contributed by atoms with Crippen molar-refractivity contribution >= 4 is 5.78 Å². The highest BCUT2D eigenvalue weighted by Crippen LogP contribution is 2.13. The van der Waals surface area contributed by atoms with Gasteiger partial charge in [0.1, 0.15) is 0 Å². The summed E-state index contributed by atoms with van der Waals surface area (Å²) in [6.07, 6.45) is 0. The van der Waals surface area contributed by atoms with E-state index in [-0.39, 0.29) is 17.0 Å². The van der Waals surface area contributed by atoms with E-state index in [1.54, 1.807) is 12.1 Å². The first-order valence-electron chi connectivity index (χ1n) is 5.84. The Morgan fingerprint density at radius 2 is 1.53 bits per heavy atom. The van der Waals surface area contributed by atoms with Crippen LogP contribution in [0, 0.1) is 20.8 Å². The second-order valence-corrected chi connectivity index (χ2v) is 4.61. The molecule has 0 atom stereocenters. The molecular formula is C14H14N2O3. The van der Waals surface area contributed by atoms with Gasteiger partial charge in [-0.2, -0.15) is 0 Å². The van der Waals surface area contributed by atoms with E-state index < -0.39 is 11.2 Å². The van der Waals surface area contributed by atoms with Gasteiger partial charge in [-0.05, 0) is 32.9 Å². The van der Waals surface area contributed by atoms with E-state index in [9.17, 15) is 14.4 Å². The summed E-state index contributed by atoms with van der Waals surface area (Å²) < 4.78 is 0. The van der Waals surface area contributed by atoms with Gasteiger partial charge >= 0.3 is 5.69 Å². The quantitative estimate of drug-likeness (QED) is 0.794. The Hall–Kier alpha value is -2.43. The highest BCUT2D eigenvalue weighted by Gasteiger charge is 2.15. The number of carbonyl (C=O) groups excluding carboxylic acids is 1. The second kappa shape index (κ2) is 4.68. The van der Waals surface area contributed by atoms with Crippen LogP contribution in [0.15, 0.2) is 27.8 Å². The standard InChI is InChI=1S/C14H14N2O3/c1-7-4-8(2)6-10(5-7)12(17)11-9(3)13(18)16-14(19)15-11/h4-6H,1-3H3,(H2,15,16,18,19). The van der Waals surface area contributed by atoms with Gasteiger partial charge in [-0.25, -0.2) is 4.79 Å². The molecule has 0 spiro atoms. The van der Waals surface area contributed by atoms with Crippen molar-refractivity contribution in [2.45, 2.75) is 20.8 Å². The van der Waals surface area contributed by atoms with Gasteiger partial charge in [0, 0.05) is 11.1 Å². The largest absolute Gasteiger partial charge is 0.326 e. The maximum atomic E-state index is 12.4. The van der Waals surface area contributed by atoms with Crippen LogP contribution in [0.2, 0.25) is 0 Å². The molecule has 2 N–H and O–H groups in total. The minimum atomic E-state index is -0.677. The average molecular weight is 258 g/mol. The van der Waals surface area contributed by atoms with Crippen LogP contribution in [0.3, 0.4) is 0 Å². The van der Waals surface area contributed by atoms with E-state index in [1.165, 1.54) is 6.92 Å². The molecule has 0 unspecified atom stereocenters. The zero-order chi connectivity index (χ0) is 14.2. The molecule has 2 rings (SSSR count). The molecule has 1 aromatic carbocycles. The van der Waals surface area contributed by atoms with Crippen LogP contribution >= 0.6 is 0 Å². The van der Waals surface area contributed by atoms with E-state index in [0.29, 0.717) is 5.56 Å². The number of benzene rings is 1. The van der Waals surface area contributed by atoms with Crippen molar-refractivity contribution in [1.29, 1.82) is 0 Å². The number of aromatic amines is 2. The predicted octanol–water partition coefficient (Wildman–Crippen LogP) is 1.22. The summed E-state index contributed by atoms with van der Waals surface area (Å²) in [5, 5.41) is 0. The predicted molar refractivity (Wildman–Crippen MR) is 71.8 cm³/mol. The lowest BCUT2D eigenvalue weighted by Crippen LogP contribution is -2.28. The lowest BCUT2D eigenvalue weighted by molar-refractivity contribution is 0.103. The summed E-state index contributed by atoms with van der Waals surface area (Å²) in [6, 6.07) is 5.41. The first-order valence-corrected chi connectivity index (χ1v) is 5.84. The number of nitrogens with one attached hydrogen (secondary N) is 2. The Balaban J connectivity index is 2.62. The van der Waals surface area contributed by atoms with Gasteiger partial charge < -0.3 is 4.98 Å². The molecule has 5 nitrogen and oxygen atoms in total. The Bertz CT molecular complexity index is 749. The molecule has 5 heteroatoms. The summed E-state index contributed by atoms with van der Waals surface area (Å²) in [7, 11) is 0. The summed E-state index contributed by atoms with van der Waals surface area (Å²) in [5.41, 5.74) is 1.39. The van der Waals surface area contributed by atoms with Gasteiger partial charge in [-0.3, -0.25) is 14.6 Å². The molecule has 0 aliphatic heterocycles. The van der Waals surface area contributed by atoms with Gasteiger partial charge in [-0.15, -0.1) is 0 Å². The Labute approximate surface area is 109 Å². The van der Waals surface area contributed by atoms with Crippen molar-refractivity contribution in [3.05, 3.63) is 67.0 Å². The highest BCUT2D eigenvalue weighted by atomic mass is 16.2. The third-order valence-electron chi connectivity index (χ3n) is 2.89. The maximum Gasteiger partial charge on any atom is 0.326 e. The lowest BCUT2D eigenvalue weighted by atomic mass is 10.0. The van der Waals surface area contributed by atoms with Gasteiger partial charge in [0.2, 0.25) is 5.78 Å². The van der Waals surface area contributed by atoms with Crippen molar-refractivity contribution in [2.24, 2.45) is 0 Å². The second-order valence-electron chi connectivity index (χ2n) is 4.61. The molecule has 0 saturated carbocycles. The van der Waals surface area contributed by atoms with Crippen LogP contribution in [0.25, 0.3) is 0 Å². The monoisotopic (exact) mass is 258 g/mol. The van der Waals surface area contributed by atoms with Crippen LogP contribution in [0.4, 0.5) is 0 Å². The molecular weight excluding hydrogens is 244 g/mol. The summed E-state index contributed by atoms with van der Waals surface area (Å²) in [6.45, 7) is 5.28. The van der Waals surface area contributed by atoms with Crippen LogP contribution in [-0.4, -0.2) is 15.8 Å². The lowest BCUT2D eigenvalue weighted by Gasteiger charge is -2.06. The fourth-order valence-electron chi connectivity index (χ4n) is 2.03. The molecule has 0 saturated heterocycles. The number of aryl methyl sites for hydroxylation is 2. The minimum Gasteiger partial charge on any atom is -0.304 e. The van der Waals surface area contributed by atoms with Crippen LogP contribution in [0.5, 0.6) is 0 Å². The maximum absolute atomic E-state index is 12.4. The van der Waals surface area contributed by atoms with Crippen LogP contribution in [-0.2, 0) is 0 Å². The fourth-order valence-corrected chi connectivity index (χ4v) is 2.03. The Kier molecular flexibility index (Phi) is 3.21. The van der Waals surface area contributed by atoms with Gasteiger partial charge in [-0.1, -0.05) is 17.2 Å². The highest BCUT2D eigenvalue weighted by molar-refractivity contribution is 6.08. The first kappa shape index (κ1) is 13.0. The van der Waals surface area contributed by atoms with Crippen molar-refractivity contribution in [2.75, 3.05) is 0 Å². The summed E-state index contributed by atoms with van der Waals surface area (Å²) in [5.74, 6) is -0.354. The third kappa shape index (κ3) is 2.54. The first-order chi connectivity index (χ1) is 8.88. The van der Waals surface area contributed by atoms with Gasteiger partial charge in [0.05, 0.1) is 5.69 Å². The number of H-pyrrole nitrogens is 2. The van der Waals surface area contributed by atoms with Crippen molar-refractivity contribution in [3.63, 3.8) is 0 Å². The Morgan fingerprint density at radius 1 is 0.947 bits per heavy atom. The average Bonchev–Trinajstić information content (AvgIpc) is 2.31. The molecule has 0 aliphatic rings. The number of hydrogen-bond donors (Lipinski definition) is 2. The fraction of sp³-hybridized carbons (Fsp3) is 0.214. The van der Waals surface area contributed by atoms with Crippen molar-refractivity contribution < 1.29 is 4.79 Å². The van der Waals surface area contributed by atoms with E-state index in [0.717, 1.165) is 11.1 Å². The van der Waals surface area contributed by atoms with E-state index in [2.05, 4.69) is 9.97 Å². The number of aromatic nitrogens is 2. The molecule has 0 fully saturated rings. The summed E-state index contributed by atoms with van der Waals surface area (Å²) >= 11 is 0. The van der Waals surface area contributed by atoms with Crippen molar-refractivity contribution in [1.82, 2.24) is 9.97 Å². The molecule has 0 bridgehead atoms. The molecule has 0 aliphatic carbocycles. The van der Waals surface area contributed by atoms with E-state index in [4.69, 9.17) is 0 Å². The number of ketones is 1. The van der Waals surface area contributed by atoms with Crippen molar-refractivity contribution in [3.8, 4) is 0 Å². The molecule has 1 aromatic heterocycles. The SMILES string of the molecule is Cc1cc(C)cc(C(=O)c2[nH]c(=O)[nH]c(=O)c2C)c1. The van der Waals surface area contributed by atoms with Crippen LogP contribution in [0.1, 0.15) is 32.7 Å². The zero-order valence-corrected chi connectivity index (χ0v) is 11.0. The van der Waals surface area contributed by atoms with E-state index >= 15 is 0 Å². The smallest absolute Gasteiger partial charge is 0.304 e. The minimum absolute atomic E-state index is 0.0405. The molecule has 2 aromatic rings. The molecule has 19 heavy (non-hydrogen) atoms. The molecule has 0 amide bonds. The normalized spacial score (nSPS) is 10.5. The summed E-state index contributed by atoms with van der Waals surface area (Å²) in [4.78, 5) is 39.6. The van der Waals surface area contributed by atoms with Crippen LogP contribution < -0.4 is 11.2 Å². The number of carbonyl (C=O) groups is 1. The Morgan fingerprint density at radius 3 is 2.11 bits per heavy atom.